The quantitative estimate of drug-likeness (QED) is 0.763. The van der Waals surface area contributed by atoms with E-state index >= 15 is 0 Å². The fourth-order valence-electron chi connectivity index (χ4n) is 2.16. The molecular weight excluding hydrogens is 250 g/mol. The molecule has 0 saturated carbocycles. The number of carbonyl (C=O) groups is 1. The monoisotopic (exact) mass is 265 g/mol. The van der Waals surface area contributed by atoms with Crippen molar-refractivity contribution in [2.75, 3.05) is 37.0 Å². The van der Waals surface area contributed by atoms with Crippen LogP contribution < -0.4 is 4.90 Å². The van der Waals surface area contributed by atoms with Gasteiger partial charge in [-0.05, 0) is 12.1 Å². The Kier molecular flexibility index (Phi) is 3.43. The Morgan fingerprint density at radius 3 is 2.50 bits per heavy atom. The number of benzene rings is 1. The first-order valence-corrected chi connectivity index (χ1v) is 7.11. The second-order valence-corrected chi connectivity index (χ2v) is 5.37. The summed E-state index contributed by atoms with van der Waals surface area (Å²) in [5, 5.41) is 0. The van der Waals surface area contributed by atoms with E-state index in [2.05, 4.69) is 17.0 Å². The van der Waals surface area contributed by atoms with Gasteiger partial charge in [-0.1, -0.05) is 12.1 Å². The second-order valence-electron chi connectivity index (χ2n) is 4.32. The average molecular weight is 265 g/mol. The molecule has 1 aromatic rings. The minimum atomic E-state index is -0.128. The van der Waals surface area contributed by atoms with E-state index in [0.29, 0.717) is 5.75 Å². The van der Waals surface area contributed by atoms with Gasteiger partial charge in [0.2, 0.25) is 0 Å². The molecule has 2 aliphatic heterocycles. The van der Waals surface area contributed by atoms with Crippen LogP contribution in [0, 0.1) is 0 Å². The van der Waals surface area contributed by atoms with E-state index in [1.54, 1.807) is 0 Å². The van der Waals surface area contributed by atoms with E-state index in [0.717, 1.165) is 31.9 Å². The zero-order chi connectivity index (χ0) is 12.4. The number of esters is 1. The Morgan fingerprint density at radius 2 is 1.89 bits per heavy atom. The van der Waals surface area contributed by atoms with Crippen LogP contribution in [0.5, 0.6) is 0 Å². The number of ether oxygens (including phenoxy) is 2. The highest BCUT2D eigenvalue weighted by atomic mass is 32.2. The number of anilines is 1. The van der Waals surface area contributed by atoms with Gasteiger partial charge < -0.3 is 14.4 Å². The zero-order valence-electron chi connectivity index (χ0n) is 10.0. The van der Waals surface area contributed by atoms with Crippen molar-refractivity contribution in [2.24, 2.45) is 0 Å². The van der Waals surface area contributed by atoms with Crippen LogP contribution in [-0.2, 0) is 14.3 Å². The molecule has 4 nitrogen and oxygen atoms in total. The van der Waals surface area contributed by atoms with Gasteiger partial charge in [0.25, 0.3) is 0 Å². The fourth-order valence-corrected chi connectivity index (χ4v) is 3.04. The molecule has 0 spiro atoms. The van der Waals surface area contributed by atoms with Crippen molar-refractivity contribution < 1.29 is 14.3 Å². The number of thioether (sulfide) groups is 1. The fraction of sp³-hybridized carbons (Fsp3) is 0.462. The van der Waals surface area contributed by atoms with Crippen LogP contribution in [0.2, 0.25) is 0 Å². The molecule has 1 atom stereocenters. The molecule has 2 fully saturated rings. The third-order valence-electron chi connectivity index (χ3n) is 3.13. The summed E-state index contributed by atoms with van der Waals surface area (Å²) in [6, 6.07) is 8.27. The van der Waals surface area contributed by atoms with E-state index in [-0.39, 0.29) is 11.4 Å². The minimum Gasteiger partial charge on any atom is -0.446 e. The highest BCUT2D eigenvalue weighted by molar-refractivity contribution is 8.00. The van der Waals surface area contributed by atoms with Gasteiger partial charge in [-0.3, -0.25) is 4.79 Å². The molecule has 1 aromatic carbocycles. The standard InChI is InChI=1S/C13H15NO3S/c15-12-9-18-13(17-12)10-1-3-11(4-2-10)14-5-7-16-8-6-14/h1-4,13H,5-9H2. The van der Waals surface area contributed by atoms with Crippen molar-refractivity contribution in [3.63, 3.8) is 0 Å². The Morgan fingerprint density at radius 1 is 1.17 bits per heavy atom. The van der Waals surface area contributed by atoms with Crippen molar-refractivity contribution in [1.82, 2.24) is 0 Å². The number of rotatable bonds is 2. The lowest BCUT2D eigenvalue weighted by molar-refractivity contribution is -0.140. The third kappa shape index (κ3) is 2.47. The molecule has 0 amide bonds. The van der Waals surface area contributed by atoms with Crippen molar-refractivity contribution >= 4 is 23.4 Å². The molecule has 0 N–H and O–H groups in total. The summed E-state index contributed by atoms with van der Waals surface area (Å²) >= 11 is 1.54. The number of hydrogen-bond acceptors (Lipinski definition) is 5. The Balaban J connectivity index is 1.70. The van der Waals surface area contributed by atoms with E-state index in [1.807, 2.05) is 12.1 Å². The molecule has 0 bridgehead atoms. The van der Waals surface area contributed by atoms with Crippen molar-refractivity contribution in [1.29, 1.82) is 0 Å². The molecule has 2 saturated heterocycles. The molecule has 5 heteroatoms. The van der Waals surface area contributed by atoms with Gasteiger partial charge in [0.05, 0.1) is 19.0 Å². The molecule has 1 unspecified atom stereocenters. The largest absolute Gasteiger partial charge is 0.446 e. The van der Waals surface area contributed by atoms with Gasteiger partial charge in [-0.2, -0.15) is 0 Å². The van der Waals surface area contributed by atoms with Crippen LogP contribution >= 0.6 is 11.8 Å². The highest BCUT2D eigenvalue weighted by Crippen LogP contribution is 2.36. The Labute approximate surface area is 110 Å². The lowest BCUT2D eigenvalue weighted by Crippen LogP contribution is -2.36. The van der Waals surface area contributed by atoms with E-state index in [9.17, 15) is 4.79 Å². The van der Waals surface area contributed by atoms with E-state index in [4.69, 9.17) is 9.47 Å². The van der Waals surface area contributed by atoms with Crippen LogP contribution in [0.15, 0.2) is 24.3 Å². The number of morpholine rings is 1. The summed E-state index contributed by atoms with van der Waals surface area (Å²) < 4.78 is 10.6. The number of carbonyl (C=O) groups excluding carboxylic acids is 1. The lowest BCUT2D eigenvalue weighted by Gasteiger charge is -2.29. The molecule has 0 aromatic heterocycles. The summed E-state index contributed by atoms with van der Waals surface area (Å²) in [5.74, 6) is 0.331. The first-order chi connectivity index (χ1) is 8.83. The molecule has 2 aliphatic rings. The smallest absolute Gasteiger partial charge is 0.317 e. The summed E-state index contributed by atoms with van der Waals surface area (Å²) in [6.07, 6.45) is 0. The number of nitrogens with zero attached hydrogens (tertiary/aromatic N) is 1. The van der Waals surface area contributed by atoms with Gasteiger partial charge >= 0.3 is 5.97 Å². The van der Waals surface area contributed by atoms with Crippen LogP contribution in [-0.4, -0.2) is 38.0 Å². The van der Waals surface area contributed by atoms with Gasteiger partial charge in [-0.25, -0.2) is 0 Å². The van der Waals surface area contributed by atoms with E-state index < -0.39 is 0 Å². The third-order valence-corrected chi connectivity index (χ3v) is 4.21. The number of cyclic esters (lactones) is 1. The lowest BCUT2D eigenvalue weighted by atomic mass is 10.2. The number of hydrogen-bond donors (Lipinski definition) is 0. The average Bonchev–Trinajstić information content (AvgIpc) is 2.87. The van der Waals surface area contributed by atoms with Gasteiger partial charge in [0.1, 0.15) is 0 Å². The summed E-state index contributed by atoms with van der Waals surface area (Å²) in [5.41, 5.74) is 2.13. The van der Waals surface area contributed by atoms with E-state index in [1.165, 1.54) is 17.4 Å². The predicted octanol–water partition coefficient (Wildman–Crippen LogP) is 1.81. The molecule has 18 heavy (non-hydrogen) atoms. The maximum absolute atomic E-state index is 11.1. The maximum Gasteiger partial charge on any atom is 0.317 e. The molecule has 2 heterocycles. The normalized spacial score (nSPS) is 24.1. The minimum absolute atomic E-state index is 0.123. The second kappa shape index (κ2) is 5.20. The maximum atomic E-state index is 11.1. The van der Waals surface area contributed by atoms with Gasteiger partial charge in [-0.15, -0.1) is 11.8 Å². The van der Waals surface area contributed by atoms with Crippen molar-refractivity contribution in [3.8, 4) is 0 Å². The van der Waals surface area contributed by atoms with Crippen LogP contribution in [0.1, 0.15) is 11.0 Å². The van der Waals surface area contributed by atoms with Crippen LogP contribution in [0.3, 0.4) is 0 Å². The molecule has 3 rings (SSSR count). The zero-order valence-corrected chi connectivity index (χ0v) is 10.8. The molecular formula is C13H15NO3S. The summed E-state index contributed by atoms with van der Waals surface area (Å²) in [6.45, 7) is 3.45. The van der Waals surface area contributed by atoms with Gasteiger partial charge in [0.15, 0.2) is 5.44 Å². The van der Waals surface area contributed by atoms with Crippen molar-refractivity contribution in [3.05, 3.63) is 29.8 Å². The molecule has 96 valence electrons. The first-order valence-electron chi connectivity index (χ1n) is 6.07. The predicted molar refractivity (Wildman–Crippen MR) is 70.8 cm³/mol. The summed E-state index contributed by atoms with van der Waals surface area (Å²) in [4.78, 5) is 13.4. The molecule has 0 radical (unpaired) electrons. The topological polar surface area (TPSA) is 38.8 Å². The van der Waals surface area contributed by atoms with Crippen LogP contribution in [0.4, 0.5) is 5.69 Å². The van der Waals surface area contributed by atoms with Crippen LogP contribution in [0.25, 0.3) is 0 Å². The Bertz CT molecular complexity index is 428. The summed E-state index contributed by atoms with van der Waals surface area (Å²) in [7, 11) is 0. The molecule has 0 aliphatic carbocycles. The Hall–Kier alpha value is -1.20. The van der Waals surface area contributed by atoms with Crippen molar-refractivity contribution in [2.45, 2.75) is 5.44 Å². The first kappa shape index (κ1) is 11.9. The highest BCUT2D eigenvalue weighted by Gasteiger charge is 2.25. The van der Waals surface area contributed by atoms with Gasteiger partial charge in [0, 0.05) is 24.3 Å². The SMILES string of the molecule is O=C1CSC(c2ccc(N3CCOCC3)cc2)O1.